The molecule has 0 aromatic rings. The van der Waals surface area contributed by atoms with E-state index in [0.717, 1.165) is 17.8 Å². The topological polar surface area (TPSA) is 0 Å². The van der Waals surface area contributed by atoms with Crippen LogP contribution in [0.5, 0.6) is 0 Å². The van der Waals surface area contributed by atoms with Crippen molar-refractivity contribution in [1.82, 2.24) is 0 Å². The first kappa shape index (κ1) is 8.10. The summed E-state index contributed by atoms with van der Waals surface area (Å²) in [6.45, 7) is 7.06. The molecule has 0 N–H and O–H groups in total. The number of hydrogen-bond acceptors (Lipinski definition) is 0. The van der Waals surface area contributed by atoms with Crippen molar-refractivity contribution < 1.29 is 0 Å². The molecule has 0 amide bonds. The maximum atomic E-state index is 2.39. The Labute approximate surface area is 65.0 Å². The van der Waals surface area contributed by atoms with Gasteiger partial charge in [0.2, 0.25) is 0 Å². The molecule has 0 unspecified atom stereocenters. The first-order chi connectivity index (χ1) is 4.77. The van der Waals surface area contributed by atoms with Gasteiger partial charge in [-0.25, -0.2) is 0 Å². The van der Waals surface area contributed by atoms with Crippen LogP contribution >= 0.6 is 0 Å². The number of rotatable bonds is 4. The van der Waals surface area contributed by atoms with E-state index in [4.69, 9.17) is 0 Å². The van der Waals surface area contributed by atoms with E-state index in [1.165, 1.54) is 25.7 Å². The fraction of sp³-hybridized carbons (Fsp3) is 1.00. The smallest absolute Gasteiger partial charge is 0.0357 e. The minimum absolute atomic E-state index is 1.04. The van der Waals surface area contributed by atoms with Gasteiger partial charge in [-0.3, -0.25) is 0 Å². The molecule has 0 radical (unpaired) electrons. The van der Waals surface area contributed by atoms with E-state index >= 15 is 0 Å². The van der Waals surface area contributed by atoms with Gasteiger partial charge < -0.3 is 0 Å². The van der Waals surface area contributed by atoms with E-state index in [2.05, 4.69) is 20.8 Å². The van der Waals surface area contributed by atoms with Crippen molar-refractivity contribution in [3.63, 3.8) is 0 Å². The lowest BCUT2D eigenvalue weighted by Gasteiger charge is -1.95. The van der Waals surface area contributed by atoms with Gasteiger partial charge in [0.25, 0.3) is 0 Å². The van der Waals surface area contributed by atoms with Gasteiger partial charge >= 0.3 is 0 Å². The molecular weight excluding hydrogens is 120 g/mol. The van der Waals surface area contributed by atoms with E-state index in [-0.39, 0.29) is 0 Å². The zero-order chi connectivity index (χ0) is 7.56. The molecule has 2 atom stereocenters. The molecular formula is C10H20. The highest BCUT2D eigenvalue weighted by Crippen LogP contribution is 2.48. The van der Waals surface area contributed by atoms with Crippen LogP contribution in [-0.4, -0.2) is 0 Å². The average molecular weight is 140 g/mol. The third-order valence-electron chi connectivity index (χ3n) is 3.18. The third-order valence-corrected chi connectivity index (χ3v) is 3.18. The quantitative estimate of drug-likeness (QED) is 0.524. The Morgan fingerprint density at radius 1 is 1.00 bits per heavy atom. The molecule has 0 heterocycles. The Morgan fingerprint density at radius 3 is 2.00 bits per heavy atom. The lowest BCUT2D eigenvalue weighted by atomic mass is 10.1. The van der Waals surface area contributed by atoms with Gasteiger partial charge in [0.15, 0.2) is 0 Å². The minimum atomic E-state index is 1.04. The normalized spacial score (nSPS) is 38.1. The molecule has 0 spiro atoms. The molecule has 0 heteroatoms. The SMILES string of the molecule is CCCCCC1[C@@H](C)[C@@H]1C. The maximum Gasteiger partial charge on any atom is -0.0357 e. The van der Waals surface area contributed by atoms with Gasteiger partial charge in [-0.1, -0.05) is 40.0 Å². The van der Waals surface area contributed by atoms with Crippen molar-refractivity contribution in [1.29, 1.82) is 0 Å². The molecule has 0 saturated heterocycles. The minimum Gasteiger partial charge on any atom is -0.0654 e. The Hall–Kier alpha value is 0. The van der Waals surface area contributed by atoms with Crippen LogP contribution in [0.2, 0.25) is 0 Å². The zero-order valence-electron chi connectivity index (χ0n) is 7.56. The van der Waals surface area contributed by atoms with E-state index in [0.29, 0.717) is 0 Å². The molecule has 10 heavy (non-hydrogen) atoms. The lowest BCUT2D eigenvalue weighted by molar-refractivity contribution is 0.583. The molecule has 1 saturated carbocycles. The van der Waals surface area contributed by atoms with Crippen LogP contribution in [0.1, 0.15) is 46.5 Å². The second kappa shape index (κ2) is 3.41. The predicted molar refractivity (Wildman–Crippen MR) is 46.0 cm³/mol. The van der Waals surface area contributed by atoms with Crippen molar-refractivity contribution >= 4 is 0 Å². The molecule has 1 rings (SSSR count). The molecule has 0 bridgehead atoms. The maximum absolute atomic E-state index is 2.39. The van der Waals surface area contributed by atoms with E-state index in [1.807, 2.05) is 0 Å². The standard InChI is InChI=1S/C10H20/c1-4-5-6-7-10-8(2)9(10)3/h8-10H,4-7H2,1-3H3/t8-,9-/m0/s1. The fourth-order valence-electron chi connectivity index (χ4n) is 1.92. The molecule has 0 aromatic heterocycles. The fourth-order valence-corrected chi connectivity index (χ4v) is 1.92. The molecule has 1 aliphatic carbocycles. The number of unbranched alkanes of at least 4 members (excludes halogenated alkanes) is 2. The highest BCUT2D eigenvalue weighted by Gasteiger charge is 2.41. The van der Waals surface area contributed by atoms with Crippen LogP contribution in [0.15, 0.2) is 0 Å². The van der Waals surface area contributed by atoms with Crippen LogP contribution in [0.3, 0.4) is 0 Å². The summed E-state index contributed by atoms with van der Waals surface area (Å²) in [5.74, 6) is 3.17. The molecule has 60 valence electrons. The first-order valence-corrected chi connectivity index (χ1v) is 4.77. The van der Waals surface area contributed by atoms with Gasteiger partial charge in [-0.2, -0.15) is 0 Å². The van der Waals surface area contributed by atoms with Crippen molar-refractivity contribution in [3.05, 3.63) is 0 Å². The Kier molecular flexibility index (Phi) is 2.76. The molecule has 1 fully saturated rings. The summed E-state index contributed by atoms with van der Waals surface area (Å²) in [7, 11) is 0. The monoisotopic (exact) mass is 140 g/mol. The van der Waals surface area contributed by atoms with Crippen LogP contribution in [0.4, 0.5) is 0 Å². The van der Waals surface area contributed by atoms with Crippen LogP contribution in [0.25, 0.3) is 0 Å². The number of hydrogen-bond donors (Lipinski definition) is 0. The molecule has 1 aliphatic rings. The Morgan fingerprint density at radius 2 is 1.60 bits per heavy atom. The van der Waals surface area contributed by atoms with Crippen LogP contribution in [-0.2, 0) is 0 Å². The summed E-state index contributed by atoms with van der Waals surface area (Å²) in [4.78, 5) is 0. The third kappa shape index (κ3) is 1.74. The second-order valence-corrected chi connectivity index (χ2v) is 3.88. The van der Waals surface area contributed by atoms with Gasteiger partial charge in [0.05, 0.1) is 0 Å². The predicted octanol–water partition coefficient (Wildman–Crippen LogP) is 3.47. The van der Waals surface area contributed by atoms with Crippen LogP contribution in [0, 0.1) is 17.8 Å². The highest BCUT2D eigenvalue weighted by molar-refractivity contribution is 4.90. The van der Waals surface area contributed by atoms with Crippen molar-refractivity contribution in [2.24, 2.45) is 17.8 Å². The summed E-state index contributed by atoms with van der Waals surface area (Å²) >= 11 is 0. The molecule has 0 aromatic carbocycles. The van der Waals surface area contributed by atoms with Crippen molar-refractivity contribution in [2.45, 2.75) is 46.5 Å². The highest BCUT2D eigenvalue weighted by atomic mass is 14.5. The zero-order valence-corrected chi connectivity index (χ0v) is 7.56. The van der Waals surface area contributed by atoms with Crippen molar-refractivity contribution in [2.75, 3.05) is 0 Å². The van der Waals surface area contributed by atoms with Gasteiger partial charge in [-0.05, 0) is 24.2 Å². The molecule has 0 aliphatic heterocycles. The Balaban J connectivity index is 1.95. The summed E-state index contributed by atoms with van der Waals surface area (Å²) in [6.07, 6.45) is 5.78. The summed E-state index contributed by atoms with van der Waals surface area (Å²) < 4.78 is 0. The van der Waals surface area contributed by atoms with Crippen molar-refractivity contribution in [3.8, 4) is 0 Å². The van der Waals surface area contributed by atoms with Gasteiger partial charge in [0.1, 0.15) is 0 Å². The van der Waals surface area contributed by atoms with Gasteiger partial charge in [0, 0.05) is 0 Å². The lowest BCUT2D eigenvalue weighted by Crippen LogP contribution is -1.80. The Bertz CT molecular complexity index is 88.2. The molecule has 0 nitrogen and oxygen atoms in total. The van der Waals surface area contributed by atoms with E-state index in [9.17, 15) is 0 Å². The average Bonchev–Trinajstić information content (AvgIpc) is 2.46. The van der Waals surface area contributed by atoms with E-state index in [1.54, 1.807) is 0 Å². The first-order valence-electron chi connectivity index (χ1n) is 4.77. The largest absolute Gasteiger partial charge is 0.0654 e. The summed E-state index contributed by atoms with van der Waals surface area (Å²) in [6, 6.07) is 0. The van der Waals surface area contributed by atoms with Crippen LogP contribution < -0.4 is 0 Å². The van der Waals surface area contributed by atoms with Gasteiger partial charge in [-0.15, -0.1) is 0 Å². The summed E-state index contributed by atoms with van der Waals surface area (Å²) in [5, 5.41) is 0. The van der Waals surface area contributed by atoms with E-state index < -0.39 is 0 Å². The second-order valence-electron chi connectivity index (χ2n) is 3.88. The summed E-state index contributed by atoms with van der Waals surface area (Å²) in [5.41, 5.74) is 0.